The van der Waals surface area contributed by atoms with Crippen LogP contribution in [0.2, 0.25) is 0 Å². The van der Waals surface area contributed by atoms with E-state index in [1.54, 1.807) is 6.07 Å². The van der Waals surface area contributed by atoms with Gasteiger partial charge in [0.15, 0.2) is 0 Å². The zero-order valence-electron chi connectivity index (χ0n) is 16.0. The van der Waals surface area contributed by atoms with Gasteiger partial charge < -0.3 is 9.80 Å². The predicted molar refractivity (Wildman–Crippen MR) is 105 cm³/mol. The maximum Gasteiger partial charge on any atom is 0.293 e. The van der Waals surface area contributed by atoms with E-state index < -0.39 is 14.9 Å². The molecule has 2 aliphatic rings. The van der Waals surface area contributed by atoms with Crippen LogP contribution < -0.4 is 4.90 Å². The lowest BCUT2D eigenvalue weighted by Gasteiger charge is -2.37. The summed E-state index contributed by atoms with van der Waals surface area (Å²) in [6.07, 6.45) is 4.04. The lowest BCUT2D eigenvalue weighted by Crippen LogP contribution is -2.47. The molecule has 2 saturated heterocycles. The zero-order chi connectivity index (χ0) is 19.6. The van der Waals surface area contributed by atoms with E-state index in [0.29, 0.717) is 31.9 Å². The fraction of sp³-hybridized carbons (Fsp3) is 0.667. The lowest BCUT2D eigenvalue weighted by molar-refractivity contribution is -0.384. The van der Waals surface area contributed by atoms with Crippen LogP contribution in [0.4, 0.5) is 11.4 Å². The quantitative estimate of drug-likeness (QED) is 0.561. The third-order valence-corrected chi connectivity index (χ3v) is 7.55. The molecule has 27 heavy (non-hydrogen) atoms. The lowest BCUT2D eigenvalue weighted by atomic mass is 9.99. The average molecular weight is 397 g/mol. The Morgan fingerprint density at radius 3 is 2.48 bits per heavy atom. The van der Waals surface area contributed by atoms with E-state index >= 15 is 0 Å². The molecule has 1 atom stereocenters. The number of nitro groups is 1. The summed E-state index contributed by atoms with van der Waals surface area (Å²) in [5.74, 6) is 0. The molecule has 0 N–H and O–H groups in total. The number of rotatable bonds is 5. The Bertz CT molecular complexity index is 791. The molecule has 2 heterocycles. The number of anilines is 1. The molecular weight excluding hydrogens is 368 g/mol. The van der Waals surface area contributed by atoms with Crippen LogP contribution in [0.15, 0.2) is 23.1 Å². The standard InChI is InChI=1S/C18H28N4O4S/c1-3-15-6-4-5-9-21(15)17-8-7-16(14-18(17)22(23)24)27(25,26)20-12-10-19(2)11-13-20/h7-8,14-15H,3-6,9-13H2,1-2H3. The van der Waals surface area contributed by atoms with Gasteiger partial charge in [0.2, 0.25) is 10.0 Å². The first kappa shape index (κ1) is 20.0. The Morgan fingerprint density at radius 1 is 1.15 bits per heavy atom. The molecule has 0 aliphatic carbocycles. The Hall–Kier alpha value is -1.71. The Morgan fingerprint density at radius 2 is 1.85 bits per heavy atom. The molecule has 0 aromatic heterocycles. The molecule has 150 valence electrons. The van der Waals surface area contributed by atoms with E-state index in [-0.39, 0.29) is 16.6 Å². The smallest absolute Gasteiger partial charge is 0.293 e. The summed E-state index contributed by atoms with van der Waals surface area (Å²) in [6, 6.07) is 4.65. The molecule has 0 bridgehead atoms. The molecule has 1 aromatic rings. The van der Waals surface area contributed by atoms with Crippen molar-refractivity contribution in [3.8, 4) is 0 Å². The van der Waals surface area contributed by atoms with Crippen molar-refractivity contribution in [2.45, 2.75) is 43.5 Å². The Kier molecular flexibility index (Phi) is 6.02. The van der Waals surface area contributed by atoms with Crippen LogP contribution in [0.25, 0.3) is 0 Å². The summed E-state index contributed by atoms with van der Waals surface area (Å²) in [4.78, 5) is 15.4. The number of nitro benzene ring substituents is 1. The molecular formula is C18H28N4O4S. The van der Waals surface area contributed by atoms with E-state index in [9.17, 15) is 18.5 Å². The number of nitrogens with zero attached hydrogens (tertiary/aromatic N) is 4. The van der Waals surface area contributed by atoms with Gasteiger partial charge in [-0.25, -0.2) is 8.42 Å². The molecule has 0 amide bonds. The summed E-state index contributed by atoms with van der Waals surface area (Å²) in [5.41, 5.74) is 0.412. The maximum absolute atomic E-state index is 12.9. The number of likely N-dealkylation sites (N-methyl/N-ethyl adjacent to an activating group) is 1. The van der Waals surface area contributed by atoms with Crippen LogP contribution in [0.3, 0.4) is 0 Å². The van der Waals surface area contributed by atoms with E-state index in [1.165, 1.54) is 16.4 Å². The van der Waals surface area contributed by atoms with Crippen molar-refractivity contribution < 1.29 is 13.3 Å². The minimum absolute atomic E-state index is 0.00700. The van der Waals surface area contributed by atoms with Gasteiger partial charge in [-0.15, -0.1) is 0 Å². The second-order valence-corrected chi connectivity index (χ2v) is 9.30. The molecule has 0 saturated carbocycles. The van der Waals surface area contributed by atoms with Gasteiger partial charge in [-0.3, -0.25) is 10.1 Å². The number of sulfonamides is 1. The molecule has 9 heteroatoms. The SMILES string of the molecule is CCC1CCCCN1c1ccc(S(=O)(=O)N2CCN(C)CC2)cc1[N+](=O)[O-]. The topological polar surface area (TPSA) is 87.0 Å². The molecule has 0 radical (unpaired) electrons. The van der Waals surface area contributed by atoms with Gasteiger partial charge in [-0.1, -0.05) is 6.92 Å². The van der Waals surface area contributed by atoms with E-state index in [1.807, 2.05) is 7.05 Å². The fourth-order valence-electron chi connectivity index (χ4n) is 3.97. The highest BCUT2D eigenvalue weighted by atomic mass is 32.2. The third-order valence-electron chi connectivity index (χ3n) is 5.65. The molecule has 1 unspecified atom stereocenters. The minimum atomic E-state index is -3.72. The largest absolute Gasteiger partial charge is 0.363 e. The summed E-state index contributed by atoms with van der Waals surface area (Å²) in [5, 5.41) is 11.7. The summed E-state index contributed by atoms with van der Waals surface area (Å²) < 4.78 is 27.3. The van der Waals surface area contributed by atoms with Crippen molar-refractivity contribution in [1.29, 1.82) is 0 Å². The van der Waals surface area contributed by atoms with Gasteiger partial charge in [0.25, 0.3) is 5.69 Å². The van der Waals surface area contributed by atoms with E-state index in [0.717, 1.165) is 32.2 Å². The van der Waals surface area contributed by atoms with E-state index in [4.69, 9.17) is 0 Å². The first-order valence-corrected chi connectivity index (χ1v) is 11.0. The van der Waals surface area contributed by atoms with Gasteiger partial charge in [0.1, 0.15) is 5.69 Å². The van der Waals surface area contributed by atoms with Crippen LogP contribution in [0, 0.1) is 10.1 Å². The second-order valence-electron chi connectivity index (χ2n) is 7.37. The van der Waals surface area contributed by atoms with Crippen LogP contribution >= 0.6 is 0 Å². The normalized spacial score (nSPS) is 22.7. The first-order valence-electron chi connectivity index (χ1n) is 9.58. The number of hydrogen-bond acceptors (Lipinski definition) is 6. The summed E-state index contributed by atoms with van der Waals surface area (Å²) in [7, 11) is -1.77. The van der Waals surface area contributed by atoms with Gasteiger partial charge in [-0.05, 0) is 44.9 Å². The monoisotopic (exact) mass is 396 g/mol. The van der Waals surface area contributed by atoms with Crippen molar-refractivity contribution >= 4 is 21.4 Å². The van der Waals surface area contributed by atoms with E-state index in [2.05, 4.69) is 16.7 Å². The van der Waals surface area contributed by atoms with Crippen molar-refractivity contribution in [3.63, 3.8) is 0 Å². The number of hydrogen-bond donors (Lipinski definition) is 0. The third kappa shape index (κ3) is 4.09. The van der Waals surface area contributed by atoms with Crippen molar-refractivity contribution in [2.75, 3.05) is 44.7 Å². The molecule has 2 fully saturated rings. The molecule has 1 aromatic carbocycles. The van der Waals surface area contributed by atoms with Gasteiger partial charge in [-0.2, -0.15) is 4.31 Å². The highest BCUT2D eigenvalue weighted by molar-refractivity contribution is 7.89. The highest BCUT2D eigenvalue weighted by Gasteiger charge is 2.32. The molecule has 2 aliphatic heterocycles. The van der Waals surface area contributed by atoms with Crippen LogP contribution in [-0.4, -0.2) is 68.4 Å². The van der Waals surface area contributed by atoms with Gasteiger partial charge in [0.05, 0.1) is 9.82 Å². The Labute approximate surface area is 160 Å². The predicted octanol–water partition coefficient (Wildman–Crippen LogP) is 2.30. The number of piperidine rings is 1. The number of piperazine rings is 1. The second kappa shape index (κ2) is 8.12. The van der Waals surface area contributed by atoms with Crippen molar-refractivity contribution in [1.82, 2.24) is 9.21 Å². The summed E-state index contributed by atoms with van der Waals surface area (Å²) >= 11 is 0. The highest BCUT2D eigenvalue weighted by Crippen LogP contribution is 2.36. The van der Waals surface area contributed by atoms with Gasteiger partial charge in [0, 0.05) is 44.8 Å². The molecule has 3 rings (SSSR count). The van der Waals surface area contributed by atoms with Crippen LogP contribution in [0.5, 0.6) is 0 Å². The molecule has 8 nitrogen and oxygen atoms in total. The Balaban J connectivity index is 1.95. The average Bonchev–Trinajstić information content (AvgIpc) is 2.67. The van der Waals surface area contributed by atoms with Crippen molar-refractivity contribution in [3.05, 3.63) is 28.3 Å². The number of benzene rings is 1. The van der Waals surface area contributed by atoms with Gasteiger partial charge >= 0.3 is 0 Å². The van der Waals surface area contributed by atoms with Crippen molar-refractivity contribution in [2.24, 2.45) is 0 Å². The van der Waals surface area contributed by atoms with Crippen LogP contribution in [-0.2, 0) is 10.0 Å². The summed E-state index contributed by atoms with van der Waals surface area (Å²) in [6.45, 7) is 4.97. The first-order chi connectivity index (χ1) is 12.8. The minimum Gasteiger partial charge on any atom is -0.363 e. The molecule has 0 spiro atoms. The fourth-order valence-corrected chi connectivity index (χ4v) is 5.42. The maximum atomic E-state index is 12.9. The zero-order valence-corrected chi connectivity index (χ0v) is 16.8. The van der Waals surface area contributed by atoms with Crippen LogP contribution in [0.1, 0.15) is 32.6 Å².